The van der Waals surface area contributed by atoms with Crippen LogP contribution >= 0.6 is 0 Å². The number of alkyl halides is 3. The molecule has 1 amide bonds. The Morgan fingerprint density at radius 1 is 1.06 bits per heavy atom. The van der Waals surface area contributed by atoms with Gasteiger partial charge in [0.2, 0.25) is 5.91 Å². The van der Waals surface area contributed by atoms with Crippen molar-refractivity contribution in [3.63, 3.8) is 0 Å². The van der Waals surface area contributed by atoms with Gasteiger partial charge in [-0.15, -0.1) is 0 Å². The first kappa shape index (κ1) is 21.3. The number of fused-ring (bicyclic) bond motifs is 1. The Morgan fingerprint density at radius 3 is 2.48 bits per heavy atom. The molecule has 0 spiro atoms. The largest absolute Gasteiger partial charge is 0.417 e. The highest BCUT2D eigenvalue weighted by Gasteiger charge is 2.49. The van der Waals surface area contributed by atoms with Crippen LogP contribution in [0.5, 0.6) is 0 Å². The minimum absolute atomic E-state index is 0.177. The van der Waals surface area contributed by atoms with Crippen molar-refractivity contribution in [1.29, 1.82) is 0 Å². The molecule has 1 aliphatic heterocycles. The van der Waals surface area contributed by atoms with Crippen LogP contribution in [0.2, 0.25) is 0 Å². The second kappa shape index (κ2) is 8.09. The molecular weight excluding hydrogens is 438 g/mol. The third kappa shape index (κ3) is 4.01. The normalized spacial score (nSPS) is 21.9. The number of nitrogens with one attached hydrogen (secondary N) is 1. The first-order chi connectivity index (χ1) is 15.8. The fourth-order valence-corrected chi connectivity index (χ4v) is 4.62. The van der Waals surface area contributed by atoms with E-state index in [-0.39, 0.29) is 29.0 Å². The number of amides is 1. The van der Waals surface area contributed by atoms with E-state index in [1.165, 1.54) is 12.1 Å². The lowest BCUT2D eigenvalue weighted by molar-refractivity contribution is -0.137. The summed E-state index contributed by atoms with van der Waals surface area (Å²) in [4.78, 5) is 27.0. The van der Waals surface area contributed by atoms with E-state index in [0.717, 1.165) is 31.3 Å². The number of halogens is 4. The molecule has 1 saturated heterocycles. The molecule has 1 aliphatic carbocycles. The van der Waals surface area contributed by atoms with Gasteiger partial charge >= 0.3 is 6.18 Å². The van der Waals surface area contributed by atoms with Crippen molar-refractivity contribution < 1.29 is 22.4 Å². The third-order valence-corrected chi connectivity index (χ3v) is 6.27. The molecule has 1 saturated carbocycles. The third-order valence-electron chi connectivity index (χ3n) is 6.27. The van der Waals surface area contributed by atoms with Crippen molar-refractivity contribution in [3.05, 3.63) is 66.4 Å². The maximum atomic E-state index is 13.6. The SMILES string of the molecule is O=C(Nc1ccc(C(F)(F)F)c(-c2ncc(F)cn2)c1)[C@@H]1C[C@@H]2CC[C@@H]2N1c1ccccn1. The lowest BCUT2D eigenvalue weighted by Crippen LogP contribution is -2.46. The van der Waals surface area contributed by atoms with Crippen molar-refractivity contribution in [2.24, 2.45) is 5.92 Å². The van der Waals surface area contributed by atoms with E-state index in [9.17, 15) is 22.4 Å². The molecule has 1 aromatic carbocycles. The second-order valence-electron chi connectivity index (χ2n) is 8.22. The molecule has 0 unspecified atom stereocenters. The number of hydrogen-bond donors (Lipinski definition) is 1. The highest BCUT2D eigenvalue weighted by molar-refractivity contribution is 5.98. The zero-order valence-corrected chi connectivity index (χ0v) is 17.3. The van der Waals surface area contributed by atoms with Gasteiger partial charge in [-0.05, 0) is 55.5 Å². The Hall–Kier alpha value is -3.56. The average molecular weight is 457 g/mol. The molecule has 10 heteroatoms. The predicted octanol–water partition coefficient (Wildman–Crippen LogP) is 4.69. The van der Waals surface area contributed by atoms with Crippen LogP contribution in [0.3, 0.4) is 0 Å². The topological polar surface area (TPSA) is 71.0 Å². The van der Waals surface area contributed by atoms with Gasteiger partial charge in [-0.2, -0.15) is 13.2 Å². The van der Waals surface area contributed by atoms with Crippen LogP contribution in [-0.4, -0.2) is 32.9 Å². The number of carbonyl (C=O) groups is 1. The highest BCUT2D eigenvalue weighted by atomic mass is 19.4. The maximum absolute atomic E-state index is 13.6. The zero-order chi connectivity index (χ0) is 23.2. The van der Waals surface area contributed by atoms with Gasteiger partial charge in [-0.3, -0.25) is 4.79 Å². The summed E-state index contributed by atoms with van der Waals surface area (Å²) in [6.07, 6.45) is 1.25. The summed E-state index contributed by atoms with van der Waals surface area (Å²) < 4.78 is 53.9. The van der Waals surface area contributed by atoms with Gasteiger partial charge in [0.15, 0.2) is 11.6 Å². The molecule has 5 rings (SSSR count). The van der Waals surface area contributed by atoms with E-state index >= 15 is 0 Å². The zero-order valence-electron chi connectivity index (χ0n) is 17.3. The fraction of sp³-hybridized carbons (Fsp3) is 0.304. The van der Waals surface area contributed by atoms with Crippen LogP contribution in [0, 0.1) is 11.7 Å². The van der Waals surface area contributed by atoms with Crippen LogP contribution < -0.4 is 10.2 Å². The molecule has 2 aromatic heterocycles. The summed E-state index contributed by atoms with van der Waals surface area (Å²) in [5.74, 6) is -0.270. The van der Waals surface area contributed by atoms with Crippen LogP contribution in [0.15, 0.2) is 55.0 Å². The van der Waals surface area contributed by atoms with Crippen LogP contribution in [0.4, 0.5) is 29.1 Å². The lowest BCUT2D eigenvalue weighted by Gasteiger charge is -2.37. The molecule has 3 heterocycles. The molecule has 1 N–H and O–H groups in total. The molecule has 33 heavy (non-hydrogen) atoms. The first-order valence-electron chi connectivity index (χ1n) is 10.5. The van der Waals surface area contributed by atoms with Gasteiger partial charge in [0.1, 0.15) is 11.9 Å². The number of anilines is 2. The van der Waals surface area contributed by atoms with Crippen molar-refractivity contribution in [2.45, 2.75) is 37.5 Å². The first-order valence-corrected chi connectivity index (χ1v) is 10.5. The van der Waals surface area contributed by atoms with Gasteiger partial charge < -0.3 is 10.2 Å². The van der Waals surface area contributed by atoms with Crippen LogP contribution in [0.25, 0.3) is 11.4 Å². The Morgan fingerprint density at radius 2 is 1.85 bits per heavy atom. The summed E-state index contributed by atoms with van der Waals surface area (Å²) >= 11 is 0. The number of aromatic nitrogens is 3. The van der Waals surface area contributed by atoms with Crippen LogP contribution in [-0.2, 0) is 11.0 Å². The molecular formula is C23H19F4N5O. The Labute approximate surface area is 186 Å². The second-order valence-corrected chi connectivity index (χ2v) is 8.22. The molecule has 3 atom stereocenters. The van der Waals surface area contributed by atoms with Gasteiger partial charge in [-0.1, -0.05) is 6.07 Å². The molecule has 6 nitrogen and oxygen atoms in total. The molecule has 0 bridgehead atoms. The quantitative estimate of drug-likeness (QED) is 0.576. The molecule has 2 aliphatic rings. The van der Waals surface area contributed by atoms with Gasteiger partial charge in [0.05, 0.1) is 18.0 Å². The Bertz CT molecular complexity index is 1170. The van der Waals surface area contributed by atoms with Gasteiger partial charge in [-0.25, -0.2) is 19.3 Å². The minimum atomic E-state index is -4.67. The van der Waals surface area contributed by atoms with E-state index < -0.39 is 23.6 Å². The molecule has 170 valence electrons. The van der Waals surface area contributed by atoms with Crippen molar-refractivity contribution in [1.82, 2.24) is 15.0 Å². The van der Waals surface area contributed by atoms with Gasteiger partial charge in [0, 0.05) is 23.5 Å². The average Bonchev–Trinajstić information content (AvgIpc) is 3.04. The summed E-state index contributed by atoms with van der Waals surface area (Å²) in [6.45, 7) is 0. The number of pyridine rings is 1. The van der Waals surface area contributed by atoms with Crippen molar-refractivity contribution in [3.8, 4) is 11.4 Å². The number of hydrogen-bond acceptors (Lipinski definition) is 5. The van der Waals surface area contributed by atoms with E-state index in [0.29, 0.717) is 18.2 Å². The summed E-state index contributed by atoms with van der Waals surface area (Å²) in [5.41, 5.74) is -1.13. The smallest absolute Gasteiger partial charge is 0.341 e. The maximum Gasteiger partial charge on any atom is 0.417 e. The van der Waals surface area contributed by atoms with Crippen molar-refractivity contribution >= 4 is 17.4 Å². The fourth-order valence-electron chi connectivity index (χ4n) is 4.62. The highest BCUT2D eigenvalue weighted by Crippen LogP contribution is 2.45. The van der Waals surface area contributed by atoms with E-state index in [1.54, 1.807) is 12.3 Å². The standard InChI is InChI=1S/C23H19F4N5O/c24-14-11-29-21(30-12-14)16-10-15(5-6-17(16)23(25,26)27)31-22(33)19-9-13-4-7-18(13)32(19)20-3-1-2-8-28-20/h1-3,5-6,8,10-13,18-19H,4,7,9H2,(H,31,33)/t13-,18-,19-/m0/s1. The molecule has 0 radical (unpaired) electrons. The predicted molar refractivity (Wildman–Crippen MR) is 113 cm³/mol. The Balaban J connectivity index is 1.44. The number of rotatable bonds is 4. The molecule has 2 fully saturated rings. The van der Waals surface area contributed by atoms with E-state index in [2.05, 4.69) is 20.3 Å². The van der Waals surface area contributed by atoms with Crippen LogP contribution in [0.1, 0.15) is 24.8 Å². The summed E-state index contributed by atoms with van der Waals surface area (Å²) in [7, 11) is 0. The summed E-state index contributed by atoms with van der Waals surface area (Å²) in [5, 5.41) is 2.75. The lowest BCUT2D eigenvalue weighted by atomic mass is 9.80. The Kier molecular flexibility index (Phi) is 5.22. The van der Waals surface area contributed by atoms with Crippen molar-refractivity contribution in [2.75, 3.05) is 10.2 Å². The number of carbonyl (C=O) groups excluding carboxylic acids is 1. The summed E-state index contributed by atoms with van der Waals surface area (Å²) in [6, 6.07) is 8.49. The molecule has 3 aromatic rings. The van der Waals surface area contributed by atoms with E-state index in [4.69, 9.17) is 0 Å². The van der Waals surface area contributed by atoms with E-state index in [1.807, 2.05) is 17.0 Å². The minimum Gasteiger partial charge on any atom is -0.341 e. The van der Waals surface area contributed by atoms with Gasteiger partial charge in [0.25, 0.3) is 0 Å². The monoisotopic (exact) mass is 457 g/mol. The number of nitrogens with zero attached hydrogens (tertiary/aromatic N) is 4. The number of benzene rings is 1.